The Morgan fingerprint density at radius 1 is 1.12 bits per heavy atom. The highest BCUT2D eigenvalue weighted by atomic mass is 32.2. The average Bonchev–Trinajstić information content (AvgIpc) is 3.08. The second-order valence-electron chi connectivity index (χ2n) is 7.47. The van der Waals surface area contributed by atoms with Crippen LogP contribution in [0.15, 0.2) is 47.4 Å². The van der Waals surface area contributed by atoms with Crippen LogP contribution in [-0.2, 0) is 11.3 Å². The van der Waals surface area contributed by atoms with Gasteiger partial charge in [-0.2, -0.15) is 0 Å². The summed E-state index contributed by atoms with van der Waals surface area (Å²) < 4.78 is 17.0. The Balaban J connectivity index is 1.23. The maximum Gasteiger partial charge on any atom is 0.266 e. The van der Waals surface area contributed by atoms with Crippen LogP contribution in [0.4, 0.5) is 0 Å². The molecule has 168 valence electrons. The molecule has 2 aromatic carbocycles. The number of thioether (sulfide) groups is 1. The van der Waals surface area contributed by atoms with E-state index in [4.69, 9.17) is 26.4 Å². The Morgan fingerprint density at radius 2 is 1.91 bits per heavy atom. The molecule has 1 amide bonds. The smallest absolute Gasteiger partial charge is 0.266 e. The van der Waals surface area contributed by atoms with Gasteiger partial charge in [-0.15, -0.1) is 0 Å². The quantitative estimate of drug-likeness (QED) is 0.334. The Hall–Kier alpha value is -2.55. The van der Waals surface area contributed by atoms with E-state index in [9.17, 15) is 4.79 Å². The number of benzene rings is 2. The largest absolute Gasteiger partial charge is 0.497 e. The fourth-order valence-electron chi connectivity index (χ4n) is 3.49. The Bertz CT molecular complexity index is 1010. The Kier molecular flexibility index (Phi) is 7.68. The SMILES string of the molecule is COc1ccc(CNCCCCN2C(=O)/C(=C/c3ccc4c(c3)OCCO4)SC2=S)cc1. The molecule has 0 spiro atoms. The maximum atomic E-state index is 12.8. The van der Waals surface area contributed by atoms with Gasteiger partial charge < -0.3 is 19.5 Å². The third-order valence-corrected chi connectivity index (χ3v) is 6.59. The molecular weight excluding hydrogens is 444 g/mol. The van der Waals surface area contributed by atoms with Crippen molar-refractivity contribution in [1.82, 2.24) is 10.2 Å². The van der Waals surface area contributed by atoms with Gasteiger partial charge in [-0.3, -0.25) is 9.69 Å². The molecule has 0 atom stereocenters. The second-order valence-corrected chi connectivity index (χ2v) is 9.14. The van der Waals surface area contributed by atoms with Gasteiger partial charge in [0.25, 0.3) is 5.91 Å². The number of amides is 1. The first-order valence-corrected chi connectivity index (χ1v) is 11.9. The van der Waals surface area contributed by atoms with Gasteiger partial charge in [-0.1, -0.05) is 42.2 Å². The van der Waals surface area contributed by atoms with Crippen LogP contribution in [-0.4, -0.2) is 48.5 Å². The predicted molar refractivity (Wildman–Crippen MR) is 131 cm³/mol. The lowest BCUT2D eigenvalue weighted by atomic mass is 10.1. The van der Waals surface area contributed by atoms with Crippen LogP contribution in [0.3, 0.4) is 0 Å². The molecule has 1 saturated heterocycles. The van der Waals surface area contributed by atoms with Crippen LogP contribution in [0.5, 0.6) is 17.2 Å². The number of nitrogens with one attached hydrogen (secondary N) is 1. The minimum absolute atomic E-state index is 0.0268. The molecule has 0 radical (unpaired) electrons. The zero-order valence-corrected chi connectivity index (χ0v) is 19.6. The highest BCUT2D eigenvalue weighted by molar-refractivity contribution is 8.26. The van der Waals surface area contributed by atoms with Gasteiger partial charge in [0, 0.05) is 13.1 Å². The number of thiocarbonyl (C=S) groups is 1. The van der Waals surface area contributed by atoms with Gasteiger partial charge in [0.1, 0.15) is 23.3 Å². The van der Waals surface area contributed by atoms with Crippen molar-refractivity contribution in [2.75, 3.05) is 33.4 Å². The van der Waals surface area contributed by atoms with E-state index in [-0.39, 0.29) is 5.91 Å². The van der Waals surface area contributed by atoms with Crippen LogP contribution < -0.4 is 19.5 Å². The number of methoxy groups -OCH3 is 1. The minimum atomic E-state index is -0.0268. The Labute approximate surface area is 197 Å². The highest BCUT2D eigenvalue weighted by Gasteiger charge is 2.31. The highest BCUT2D eigenvalue weighted by Crippen LogP contribution is 2.35. The predicted octanol–water partition coefficient (Wildman–Crippen LogP) is 4.24. The van der Waals surface area contributed by atoms with Gasteiger partial charge >= 0.3 is 0 Å². The number of rotatable bonds is 9. The molecule has 0 saturated carbocycles. The summed E-state index contributed by atoms with van der Waals surface area (Å²) >= 11 is 6.80. The second kappa shape index (κ2) is 10.8. The van der Waals surface area contributed by atoms with E-state index in [0.717, 1.165) is 43.0 Å². The summed E-state index contributed by atoms with van der Waals surface area (Å²) in [5.74, 6) is 2.28. The third-order valence-electron chi connectivity index (χ3n) is 5.21. The molecule has 2 aromatic rings. The number of carbonyl (C=O) groups excluding carboxylic acids is 1. The van der Waals surface area contributed by atoms with Gasteiger partial charge in [0.05, 0.1) is 12.0 Å². The molecule has 2 aliphatic heterocycles. The average molecular weight is 471 g/mol. The van der Waals surface area contributed by atoms with E-state index < -0.39 is 0 Å². The zero-order valence-electron chi connectivity index (χ0n) is 18.0. The normalized spacial score (nSPS) is 16.7. The van der Waals surface area contributed by atoms with Crippen molar-refractivity contribution in [3.05, 3.63) is 58.5 Å². The first-order valence-electron chi connectivity index (χ1n) is 10.6. The van der Waals surface area contributed by atoms with E-state index in [0.29, 0.717) is 34.7 Å². The number of hydrogen-bond donors (Lipinski definition) is 1. The van der Waals surface area contributed by atoms with Crippen LogP contribution in [0.2, 0.25) is 0 Å². The van der Waals surface area contributed by atoms with Gasteiger partial charge in [-0.25, -0.2) is 0 Å². The first kappa shape index (κ1) is 22.6. The molecule has 32 heavy (non-hydrogen) atoms. The van der Waals surface area contributed by atoms with Crippen LogP contribution in [0, 0.1) is 0 Å². The topological polar surface area (TPSA) is 60.0 Å². The minimum Gasteiger partial charge on any atom is -0.497 e. The van der Waals surface area contributed by atoms with E-state index in [1.54, 1.807) is 12.0 Å². The van der Waals surface area contributed by atoms with E-state index in [2.05, 4.69) is 17.4 Å². The Morgan fingerprint density at radius 3 is 2.69 bits per heavy atom. The number of unbranched alkanes of at least 4 members (excludes halogenated alkanes) is 1. The third kappa shape index (κ3) is 5.62. The van der Waals surface area contributed by atoms with Gasteiger partial charge in [-0.05, 0) is 60.9 Å². The van der Waals surface area contributed by atoms with Crippen molar-refractivity contribution >= 4 is 40.3 Å². The number of ether oxygens (including phenoxy) is 3. The fraction of sp³-hybridized carbons (Fsp3) is 0.333. The summed E-state index contributed by atoms with van der Waals surface area (Å²) in [6, 6.07) is 13.7. The van der Waals surface area contributed by atoms with Crippen molar-refractivity contribution in [2.45, 2.75) is 19.4 Å². The molecule has 0 bridgehead atoms. The monoisotopic (exact) mass is 470 g/mol. The molecular formula is C24H26N2O4S2. The molecule has 0 aromatic heterocycles. The summed E-state index contributed by atoms with van der Waals surface area (Å²) in [7, 11) is 1.67. The zero-order chi connectivity index (χ0) is 22.3. The summed E-state index contributed by atoms with van der Waals surface area (Å²) in [6.07, 6.45) is 3.72. The lowest BCUT2D eigenvalue weighted by Crippen LogP contribution is -2.29. The number of fused-ring (bicyclic) bond motifs is 1. The molecule has 0 aliphatic carbocycles. The maximum absolute atomic E-state index is 12.8. The van der Waals surface area contributed by atoms with Crippen molar-refractivity contribution in [3.8, 4) is 17.2 Å². The summed E-state index contributed by atoms with van der Waals surface area (Å²) in [6.45, 7) is 3.42. The first-order chi connectivity index (χ1) is 15.6. The van der Waals surface area contributed by atoms with Crippen LogP contribution in [0.25, 0.3) is 6.08 Å². The number of carbonyl (C=O) groups is 1. The summed E-state index contributed by atoms with van der Waals surface area (Å²) in [5, 5.41) is 3.44. The summed E-state index contributed by atoms with van der Waals surface area (Å²) in [5.41, 5.74) is 2.12. The van der Waals surface area contributed by atoms with Crippen LogP contribution in [0.1, 0.15) is 24.0 Å². The van der Waals surface area contributed by atoms with Gasteiger partial charge in [0.15, 0.2) is 11.5 Å². The van der Waals surface area contributed by atoms with Crippen molar-refractivity contribution < 1.29 is 19.0 Å². The van der Waals surface area contributed by atoms with Crippen molar-refractivity contribution in [2.24, 2.45) is 0 Å². The molecule has 2 heterocycles. The lowest BCUT2D eigenvalue weighted by molar-refractivity contribution is -0.122. The molecule has 0 unspecified atom stereocenters. The van der Waals surface area contributed by atoms with E-state index >= 15 is 0 Å². The van der Waals surface area contributed by atoms with Crippen molar-refractivity contribution in [3.63, 3.8) is 0 Å². The lowest BCUT2D eigenvalue weighted by Gasteiger charge is -2.18. The van der Waals surface area contributed by atoms with E-state index in [1.165, 1.54) is 17.3 Å². The van der Waals surface area contributed by atoms with Crippen molar-refractivity contribution in [1.29, 1.82) is 0 Å². The molecule has 1 fully saturated rings. The number of nitrogens with zero attached hydrogens (tertiary/aromatic N) is 1. The van der Waals surface area contributed by atoms with E-state index in [1.807, 2.05) is 36.4 Å². The standard InChI is InChI=1S/C24H26N2O4S2/c1-28-19-7-4-17(5-8-19)16-25-10-2-3-11-26-23(27)22(32-24(26)31)15-18-6-9-20-21(14-18)30-13-12-29-20/h4-9,14-15,25H,2-3,10-13,16H2,1H3/b22-15-. The fourth-order valence-corrected chi connectivity index (χ4v) is 4.80. The van der Waals surface area contributed by atoms with Gasteiger partial charge in [0.2, 0.25) is 0 Å². The molecule has 6 nitrogen and oxygen atoms in total. The summed E-state index contributed by atoms with van der Waals surface area (Å²) in [4.78, 5) is 15.2. The molecule has 1 N–H and O–H groups in total. The molecule has 4 rings (SSSR count). The molecule has 2 aliphatic rings. The molecule has 8 heteroatoms. The number of hydrogen-bond acceptors (Lipinski definition) is 7. The van der Waals surface area contributed by atoms with Crippen LogP contribution >= 0.6 is 24.0 Å².